The molecule has 3 heteroatoms. The Kier molecular flexibility index (Phi) is 7.08. The van der Waals surface area contributed by atoms with E-state index >= 15 is 0 Å². The molecular formula is C18H30N2S. The minimum Gasteiger partial charge on any atom is -0.329 e. The molecule has 0 radical (unpaired) electrons. The van der Waals surface area contributed by atoms with Gasteiger partial charge in [0.15, 0.2) is 0 Å². The van der Waals surface area contributed by atoms with Crippen LogP contribution in [0, 0.1) is 5.92 Å². The Morgan fingerprint density at radius 2 is 2.00 bits per heavy atom. The summed E-state index contributed by atoms with van der Waals surface area (Å²) in [6, 6.07) is 9.36. The van der Waals surface area contributed by atoms with Gasteiger partial charge in [-0.1, -0.05) is 31.9 Å². The van der Waals surface area contributed by atoms with Crippen LogP contribution in [0.15, 0.2) is 29.2 Å². The molecule has 1 fully saturated rings. The summed E-state index contributed by atoms with van der Waals surface area (Å²) in [5.41, 5.74) is 7.48. The van der Waals surface area contributed by atoms with Gasteiger partial charge in [0.05, 0.1) is 0 Å². The minimum absolute atomic E-state index is 0.390. The molecule has 0 saturated carbocycles. The molecule has 2 unspecified atom stereocenters. The summed E-state index contributed by atoms with van der Waals surface area (Å²) in [6.07, 6.45) is 8.90. The van der Waals surface area contributed by atoms with Crippen LogP contribution in [0.5, 0.6) is 0 Å². The van der Waals surface area contributed by atoms with E-state index in [0.29, 0.717) is 6.04 Å². The lowest BCUT2D eigenvalue weighted by Gasteiger charge is -2.30. The van der Waals surface area contributed by atoms with Crippen molar-refractivity contribution in [3.05, 3.63) is 29.8 Å². The summed E-state index contributed by atoms with van der Waals surface area (Å²) >= 11 is 1.80. The third kappa shape index (κ3) is 4.73. The zero-order valence-electron chi connectivity index (χ0n) is 13.6. The van der Waals surface area contributed by atoms with Crippen molar-refractivity contribution >= 4 is 11.8 Å². The summed E-state index contributed by atoms with van der Waals surface area (Å²) in [4.78, 5) is 3.94. The molecule has 1 heterocycles. The Morgan fingerprint density at radius 1 is 1.24 bits per heavy atom. The molecule has 1 aromatic carbocycles. The number of rotatable bonds is 6. The van der Waals surface area contributed by atoms with Crippen LogP contribution in [-0.4, -0.2) is 30.8 Å². The van der Waals surface area contributed by atoms with Gasteiger partial charge in [-0.15, -0.1) is 11.8 Å². The predicted octanol–water partition coefficient (Wildman–Crippen LogP) is 4.31. The summed E-state index contributed by atoms with van der Waals surface area (Å²) in [7, 11) is 0. The zero-order chi connectivity index (χ0) is 15.1. The second-order valence-electron chi connectivity index (χ2n) is 6.15. The molecule has 2 rings (SSSR count). The predicted molar refractivity (Wildman–Crippen MR) is 93.8 cm³/mol. The van der Waals surface area contributed by atoms with Crippen LogP contribution in [0.4, 0.5) is 0 Å². The van der Waals surface area contributed by atoms with Crippen molar-refractivity contribution in [1.82, 2.24) is 4.90 Å². The molecule has 0 aromatic heterocycles. The van der Waals surface area contributed by atoms with Crippen LogP contribution in [0.2, 0.25) is 0 Å². The Morgan fingerprint density at radius 3 is 2.62 bits per heavy atom. The van der Waals surface area contributed by atoms with Crippen LogP contribution in [0.1, 0.15) is 50.6 Å². The van der Waals surface area contributed by atoms with E-state index in [4.69, 9.17) is 5.73 Å². The van der Waals surface area contributed by atoms with Crippen molar-refractivity contribution in [3.63, 3.8) is 0 Å². The number of hydrogen-bond acceptors (Lipinski definition) is 3. The quantitative estimate of drug-likeness (QED) is 0.794. The van der Waals surface area contributed by atoms with Gasteiger partial charge >= 0.3 is 0 Å². The maximum Gasteiger partial charge on any atom is 0.0470 e. The molecule has 0 spiro atoms. The summed E-state index contributed by atoms with van der Waals surface area (Å²) in [6.45, 7) is 5.43. The SMILES string of the molecule is CCCC1CCCN(C(CN)c2ccc(SC)cc2)CC1. The molecule has 0 amide bonds. The summed E-state index contributed by atoms with van der Waals surface area (Å²) < 4.78 is 0. The van der Waals surface area contributed by atoms with Crippen molar-refractivity contribution in [2.45, 2.75) is 50.0 Å². The van der Waals surface area contributed by atoms with Gasteiger partial charge < -0.3 is 5.73 Å². The number of likely N-dealkylation sites (tertiary alicyclic amines) is 1. The van der Waals surface area contributed by atoms with Crippen LogP contribution >= 0.6 is 11.8 Å². The fourth-order valence-corrected chi connectivity index (χ4v) is 3.93. The first-order valence-corrected chi connectivity index (χ1v) is 9.59. The van der Waals surface area contributed by atoms with Crippen molar-refractivity contribution in [3.8, 4) is 0 Å². The molecule has 2 nitrogen and oxygen atoms in total. The molecule has 0 aliphatic carbocycles. The fraction of sp³-hybridized carbons (Fsp3) is 0.667. The monoisotopic (exact) mass is 306 g/mol. The van der Waals surface area contributed by atoms with Crippen molar-refractivity contribution < 1.29 is 0 Å². The van der Waals surface area contributed by atoms with E-state index in [1.54, 1.807) is 11.8 Å². The Labute approximate surface area is 134 Å². The molecule has 1 aromatic rings. The third-order valence-corrected chi connectivity index (χ3v) is 5.49. The van der Waals surface area contributed by atoms with Crippen LogP contribution in [0.3, 0.4) is 0 Å². The van der Waals surface area contributed by atoms with Gasteiger partial charge in [0, 0.05) is 17.5 Å². The highest BCUT2D eigenvalue weighted by molar-refractivity contribution is 7.98. The third-order valence-electron chi connectivity index (χ3n) is 4.74. The average Bonchev–Trinajstić information content (AvgIpc) is 2.75. The Balaban J connectivity index is 2.02. The van der Waals surface area contributed by atoms with E-state index in [2.05, 4.69) is 42.3 Å². The van der Waals surface area contributed by atoms with E-state index in [9.17, 15) is 0 Å². The number of nitrogens with two attached hydrogens (primary N) is 1. The minimum atomic E-state index is 0.390. The smallest absolute Gasteiger partial charge is 0.0470 e. The Bertz CT molecular complexity index is 404. The van der Waals surface area contributed by atoms with Crippen molar-refractivity contribution in [1.29, 1.82) is 0 Å². The van der Waals surface area contributed by atoms with Gasteiger partial charge in [-0.05, 0) is 62.2 Å². The van der Waals surface area contributed by atoms with Crippen LogP contribution in [-0.2, 0) is 0 Å². The number of nitrogens with zero attached hydrogens (tertiary/aromatic N) is 1. The van der Waals surface area contributed by atoms with Crippen molar-refractivity contribution in [2.24, 2.45) is 11.7 Å². The number of thioether (sulfide) groups is 1. The van der Waals surface area contributed by atoms with Crippen LogP contribution < -0.4 is 5.73 Å². The highest BCUT2D eigenvalue weighted by atomic mass is 32.2. The van der Waals surface area contributed by atoms with E-state index in [1.165, 1.54) is 55.7 Å². The second-order valence-corrected chi connectivity index (χ2v) is 7.03. The van der Waals surface area contributed by atoms with E-state index in [0.717, 1.165) is 12.5 Å². The lowest BCUT2D eigenvalue weighted by molar-refractivity contribution is 0.206. The molecule has 118 valence electrons. The Hall–Kier alpha value is -0.510. The second kappa shape index (κ2) is 8.82. The molecule has 1 aliphatic rings. The molecule has 0 bridgehead atoms. The molecule has 1 saturated heterocycles. The van der Waals surface area contributed by atoms with Gasteiger partial charge in [0.2, 0.25) is 0 Å². The fourth-order valence-electron chi connectivity index (χ4n) is 3.52. The molecule has 2 atom stereocenters. The lowest BCUT2D eigenvalue weighted by Crippen LogP contribution is -2.34. The van der Waals surface area contributed by atoms with Gasteiger partial charge in [0.25, 0.3) is 0 Å². The normalized spacial score (nSPS) is 22.0. The maximum absolute atomic E-state index is 6.10. The maximum atomic E-state index is 6.10. The molecule has 21 heavy (non-hydrogen) atoms. The van der Waals surface area contributed by atoms with Gasteiger partial charge in [-0.25, -0.2) is 0 Å². The topological polar surface area (TPSA) is 29.3 Å². The lowest BCUT2D eigenvalue weighted by atomic mass is 9.96. The number of hydrogen-bond donors (Lipinski definition) is 1. The zero-order valence-corrected chi connectivity index (χ0v) is 14.4. The van der Waals surface area contributed by atoms with Gasteiger partial charge in [-0.2, -0.15) is 0 Å². The highest BCUT2D eigenvalue weighted by Gasteiger charge is 2.23. The molecule has 2 N–H and O–H groups in total. The largest absolute Gasteiger partial charge is 0.329 e. The average molecular weight is 307 g/mol. The first-order chi connectivity index (χ1) is 10.3. The highest BCUT2D eigenvalue weighted by Crippen LogP contribution is 2.28. The first-order valence-electron chi connectivity index (χ1n) is 8.36. The van der Waals surface area contributed by atoms with Gasteiger partial charge in [0.1, 0.15) is 0 Å². The standard InChI is InChI=1S/C18H30N2S/c1-3-5-15-6-4-12-20(13-11-15)18(14-19)16-7-9-17(21-2)10-8-16/h7-10,15,18H,3-6,11-14,19H2,1-2H3. The summed E-state index contributed by atoms with van der Waals surface area (Å²) in [5, 5.41) is 0. The van der Waals surface area contributed by atoms with E-state index < -0.39 is 0 Å². The van der Waals surface area contributed by atoms with Crippen molar-refractivity contribution in [2.75, 3.05) is 25.9 Å². The van der Waals surface area contributed by atoms with Gasteiger partial charge in [-0.3, -0.25) is 4.90 Å². The molecular weight excluding hydrogens is 276 g/mol. The van der Waals surface area contributed by atoms with Crippen LogP contribution in [0.25, 0.3) is 0 Å². The first kappa shape index (κ1) is 16.9. The summed E-state index contributed by atoms with van der Waals surface area (Å²) in [5.74, 6) is 0.928. The number of benzene rings is 1. The van der Waals surface area contributed by atoms with E-state index in [-0.39, 0.29) is 0 Å². The molecule has 1 aliphatic heterocycles. The van der Waals surface area contributed by atoms with E-state index in [1.807, 2.05) is 0 Å².